The van der Waals surface area contributed by atoms with Crippen LogP contribution in [-0.2, 0) is 28.4 Å². The van der Waals surface area contributed by atoms with Gasteiger partial charge in [-0.2, -0.15) is 0 Å². The van der Waals surface area contributed by atoms with E-state index in [1.165, 1.54) is 0 Å². The number of methoxy groups -OCH3 is 2. The van der Waals surface area contributed by atoms with Crippen LogP contribution in [0.4, 0.5) is 0 Å². The highest BCUT2D eigenvalue weighted by molar-refractivity contribution is 6.13. The molecule has 0 aromatic heterocycles. The molecule has 0 heterocycles. The monoisotopic (exact) mass is 702 g/mol. The van der Waals surface area contributed by atoms with Crippen LogP contribution in [0.25, 0.3) is 21.5 Å². The maximum atomic E-state index is 6.44. The van der Waals surface area contributed by atoms with Crippen molar-refractivity contribution < 1.29 is 37.9 Å². The third-order valence-corrected chi connectivity index (χ3v) is 7.88. The number of hydrogen-bond donors (Lipinski definition) is 0. The fraction of sp³-hybridized carbons (Fsp3) is 0.318. The largest absolute Gasteiger partial charge is 0.490 e. The fourth-order valence-corrected chi connectivity index (χ4v) is 5.43. The highest BCUT2D eigenvalue weighted by Crippen LogP contribution is 2.41. The van der Waals surface area contributed by atoms with Gasteiger partial charge in [-0.05, 0) is 36.4 Å². The van der Waals surface area contributed by atoms with Crippen molar-refractivity contribution in [3.63, 3.8) is 0 Å². The minimum absolute atomic E-state index is 0.344. The molecule has 5 aromatic carbocycles. The number of benzene rings is 5. The molecule has 0 radical (unpaired) electrons. The van der Waals surface area contributed by atoms with Gasteiger partial charge in [-0.3, -0.25) is 0 Å². The van der Waals surface area contributed by atoms with Crippen molar-refractivity contribution in [2.75, 3.05) is 93.5 Å². The van der Waals surface area contributed by atoms with Gasteiger partial charge in [-0.25, -0.2) is 0 Å². The Morgan fingerprint density at radius 1 is 0.365 bits per heavy atom. The van der Waals surface area contributed by atoms with Crippen LogP contribution in [0.15, 0.2) is 97.1 Å². The minimum atomic E-state index is 0.344. The van der Waals surface area contributed by atoms with Crippen molar-refractivity contribution in [2.24, 2.45) is 0 Å². The second-order valence-electron chi connectivity index (χ2n) is 11.5. The van der Waals surface area contributed by atoms with Crippen LogP contribution in [0.2, 0.25) is 0 Å². The van der Waals surface area contributed by atoms with Crippen LogP contribution >= 0.6 is 0 Å². The summed E-state index contributed by atoms with van der Waals surface area (Å²) in [6.07, 6.45) is 0. The van der Waals surface area contributed by atoms with E-state index in [2.05, 4.69) is 35.8 Å². The highest BCUT2D eigenvalue weighted by Gasteiger charge is 2.19. The Morgan fingerprint density at radius 2 is 0.750 bits per heavy atom. The standard InChI is InChI=1S/C44H46O8/c1-45-23-25-47-27-29-49-31-33-51-41-17-9-15-38-37(21-19-35-11-5-3-6-12-35)39-16-10-18-42(52-34-32-50-30-28-48-26-24-46-2)44(39)40(43(38)41)22-20-36-13-7-4-8-14-36/h3-18H,23-34H2,1-2H3. The van der Waals surface area contributed by atoms with Crippen LogP contribution in [0.1, 0.15) is 22.3 Å². The number of ether oxygens (including phenoxy) is 8. The molecule has 0 amide bonds. The van der Waals surface area contributed by atoms with Crippen molar-refractivity contribution in [2.45, 2.75) is 0 Å². The van der Waals surface area contributed by atoms with E-state index >= 15 is 0 Å². The first-order chi connectivity index (χ1) is 25.8. The Morgan fingerprint density at radius 3 is 1.17 bits per heavy atom. The van der Waals surface area contributed by atoms with E-state index in [1.807, 2.05) is 84.9 Å². The predicted octanol–water partition coefficient (Wildman–Crippen LogP) is 6.91. The van der Waals surface area contributed by atoms with Crippen LogP contribution < -0.4 is 9.47 Å². The minimum Gasteiger partial charge on any atom is -0.490 e. The molecule has 0 saturated heterocycles. The molecule has 0 aliphatic rings. The molecule has 0 saturated carbocycles. The first kappa shape index (κ1) is 38.3. The lowest BCUT2D eigenvalue weighted by Gasteiger charge is -2.18. The summed E-state index contributed by atoms with van der Waals surface area (Å²) in [4.78, 5) is 0. The van der Waals surface area contributed by atoms with E-state index < -0.39 is 0 Å². The Kier molecular flexibility index (Phi) is 16.3. The first-order valence-electron chi connectivity index (χ1n) is 17.5. The lowest BCUT2D eigenvalue weighted by Crippen LogP contribution is -2.13. The van der Waals surface area contributed by atoms with Gasteiger partial charge in [0.25, 0.3) is 0 Å². The van der Waals surface area contributed by atoms with E-state index in [4.69, 9.17) is 37.9 Å². The van der Waals surface area contributed by atoms with Crippen molar-refractivity contribution >= 4 is 21.5 Å². The third-order valence-electron chi connectivity index (χ3n) is 7.88. The van der Waals surface area contributed by atoms with Crippen LogP contribution in [0.5, 0.6) is 11.5 Å². The number of hydrogen-bond acceptors (Lipinski definition) is 8. The molecule has 8 heteroatoms. The van der Waals surface area contributed by atoms with Crippen molar-refractivity contribution in [3.05, 3.63) is 119 Å². The molecule has 0 bridgehead atoms. The zero-order valence-corrected chi connectivity index (χ0v) is 30.0. The molecule has 5 aromatic rings. The summed E-state index contributed by atoms with van der Waals surface area (Å²) in [5.74, 6) is 15.2. The summed E-state index contributed by atoms with van der Waals surface area (Å²) < 4.78 is 45.5. The SMILES string of the molecule is COCCOCCOCCOc1cccc2c(C#Cc3ccccc3)c3cccc(OCCOCCOCCOC)c3c(C#Cc3ccccc3)c12. The van der Waals surface area contributed by atoms with Crippen LogP contribution in [0.3, 0.4) is 0 Å². The van der Waals surface area contributed by atoms with Crippen molar-refractivity contribution in [3.8, 4) is 35.2 Å². The van der Waals surface area contributed by atoms with E-state index in [1.54, 1.807) is 14.2 Å². The van der Waals surface area contributed by atoms with E-state index in [-0.39, 0.29) is 0 Å². The summed E-state index contributed by atoms with van der Waals surface area (Å²) in [5, 5.41) is 3.60. The quantitative estimate of drug-likeness (QED) is 0.0493. The summed E-state index contributed by atoms with van der Waals surface area (Å²) in [5.41, 5.74) is 3.48. The second kappa shape index (κ2) is 22.1. The predicted molar refractivity (Wildman–Crippen MR) is 204 cm³/mol. The lowest BCUT2D eigenvalue weighted by atomic mass is 9.90. The zero-order valence-electron chi connectivity index (χ0n) is 30.0. The highest BCUT2D eigenvalue weighted by atomic mass is 16.6. The molecule has 0 aliphatic heterocycles. The molecule has 0 atom stereocenters. The molecular formula is C44H46O8. The zero-order chi connectivity index (χ0) is 36.1. The fourth-order valence-electron chi connectivity index (χ4n) is 5.43. The Balaban J connectivity index is 1.53. The van der Waals surface area contributed by atoms with Gasteiger partial charge in [0, 0.05) is 58.0 Å². The number of rotatable bonds is 20. The van der Waals surface area contributed by atoms with Gasteiger partial charge in [0.15, 0.2) is 0 Å². The Bertz CT molecular complexity index is 1850. The second-order valence-corrected chi connectivity index (χ2v) is 11.5. The van der Waals surface area contributed by atoms with Crippen LogP contribution in [-0.4, -0.2) is 93.5 Å². The van der Waals surface area contributed by atoms with Crippen molar-refractivity contribution in [1.29, 1.82) is 0 Å². The smallest absolute Gasteiger partial charge is 0.128 e. The van der Waals surface area contributed by atoms with Gasteiger partial charge in [0.1, 0.15) is 24.7 Å². The average molecular weight is 703 g/mol. The molecule has 270 valence electrons. The molecule has 8 nitrogen and oxygen atoms in total. The van der Waals surface area contributed by atoms with E-state index in [0.29, 0.717) is 90.8 Å². The Labute approximate surface area is 306 Å². The van der Waals surface area contributed by atoms with Gasteiger partial charge in [0.2, 0.25) is 0 Å². The normalized spacial score (nSPS) is 10.8. The molecule has 0 fully saturated rings. The summed E-state index contributed by atoms with van der Waals surface area (Å²) in [6, 6.07) is 32.0. The Hall–Kier alpha value is -4.90. The maximum Gasteiger partial charge on any atom is 0.128 e. The summed E-state index contributed by atoms with van der Waals surface area (Å²) in [7, 11) is 3.30. The van der Waals surface area contributed by atoms with E-state index in [9.17, 15) is 0 Å². The molecule has 0 spiro atoms. The molecule has 52 heavy (non-hydrogen) atoms. The number of fused-ring (bicyclic) bond motifs is 2. The molecule has 5 rings (SSSR count). The van der Waals surface area contributed by atoms with Gasteiger partial charge in [0.05, 0.1) is 66.1 Å². The molecule has 0 unspecified atom stereocenters. The van der Waals surface area contributed by atoms with E-state index in [0.717, 1.165) is 43.8 Å². The van der Waals surface area contributed by atoms with Gasteiger partial charge in [-0.15, -0.1) is 0 Å². The molecule has 0 N–H and O–H groups in total. The molecule has 0 aliphatic carbocycles. The van der Waals surface area contributed by atoms with Crippen LogP contribution in [0, 0.1) is 23.7 Å². The van der Waals surface area contributed by atoms with Gasteiger partial charge >= 0.3 is 0 Å². The topological polar surface area (TPSA) is 73.8 Å². The lowest BCUT2D eigenvalue weighted by molar-refractivity contribution is 0.0180. The third kappa shape index (κ3) is 11.6. The summed E-state index contributed by atoms with van der Waals surface area (Å²) >= 11 is 0. The van der Waals surface area contributed by atoms with Crippen molar-refractivity contribution in [1.82, 2.24) is 0 Å². The van der Waals surface area contributed by atoms with Gasteiger partial charge in [-0.1, -0.05) is 84.3 Å². The maximum absolute atomic E-state index is 6.44. The summed E-state index contributed by atoms with van der Waals surface area (Å²) in [6.45, 7) is 5.56. The average Bonchev–Trinajstić information content (AvgIpc) is 3.18. The van der Waals surface area contributed by atoms with Gasteiger partial charge < -0.3 is 37.9 Å². The first-order valence-corrected chi connectivity index (χ1v) is 17.5. The molecular weight excluding hydrogens is 656 g/mol.